The minimum Gasteiger partial charge on any atom is -0.511 e. The molecule has 0 aromatic heterocycles. The molecule has 1 fully saturated rings. The number of phenols is 1. The predicted octanol–water partition coefficient (Wildman–Crippen LogP) is 4.33. The molecule has 0 radical (unpaired) electrons. The number of likely N-dealkylation sites (tertiary alicyclic amines) is 1. The number of hydrogen-bond acceptors (Lipinski definition) is 8. The van der Waals surface area contributed by atoms with E-state index in [2.05, 4.69) is 30.9 Å². The minimum atomic E-state index is -2.01. The molecule has 1 saturated heterocycles. The Kier molecular flexibility index (Phi) is 7.86. The van der Waals surface area contributed by atoms with Crippen LogP contribution in [0.3, 0.4) is 0 Å². The van der Waals surface area contributed by atoms with Gasteiger partial charge in [-0.05, 0) is 98.3 Å². The third-order valence-corrected chi connectivity index (χ3v) is 10.6. The fourth-order valence-electron chi connectivity index (χ4n) is 9.18. The van der Waals surface area contributed by atoms with Crippen LogP contribution in [0.4, 0.5) is 0 Å². The summed E-state index contributed by atoms with van der Waals surface area (Å²) in [6, 6.07) is 11.0. The first-order valence-corrected chi connectivity index (χ1v) is 16.0. The maximum absolute atomic E-state index is 14.2. The van der Waals surface area contributed by atoms with Gasteiger partial charge in [-0.15, -0.1) is 0 Å². The molecule has 7 atom stereocenters. The van der Waals surface area contributed by atoms with Gasteiger partial charge in [0.25, 0.3) is 5.91 Å². The van der Waals surface area contributed by atoms with Gasteiger partial charge >= 0.3 is 0 Å². The molecule has 45 heavy (non-hydrogen) atoms. The second-order valence-corrected chi connectivity index (χ2v) is 14.4. The number of rotatable bonds is 5. The molecule has 3 aliphatic carbocycles. The van der Waals surface area contributed by atoms with E-state index in [0.717, 1.165) is 36.3 Å². The van der Waals surface area contributed by atoms with Crippen molar-refractivity contribution < 1.29 is 30.0 Å². The van der Waals surface area contributed by atoms with Crippen molar-refractivity contribution in [1.82, 2.24) is 9.80 Å². The van der Waals surface area contributed by atoms with Gasteiger partial charge in [-0.2, -0.15) is 0 Å². The van der Waals surface area contributed by atoms with Crippen LogP contribution in [0.5, 0.6) is 5.75 Å². The van der Waals surface area contributed by atoms with Gasteiger partial charge in [0.2, 0.25) is 0 Å². The molecule has 6 rings (SSSR count). The summed E-state index contributed by atoms with van der Waals surface area (Å²) < 4.78 is 0. The number of benzene rings is 2. The van der Waals surface area contributed by atoms with Gasteiger partial charge < -0.3 is 26.2 Å². The second kappa shape index (κ2) is 11.3. The number of hydrogen-bond donors (Lipinski definition) is 5. The van der Waals surface area contributed by atoms with Gasteiger partial charge in [0.1, 0.15) is 22.9 Å². The zero-order valence-electron chi connectivity index (χ0n) is 26.7. The monoisotopic (exact) mass is 615 g/mol. The number of likely N-dealkylation sites (N-methyl/N-ethyl adjacent to an activating group) is 1. The number of aliphatic hydroxyl groups is 3. The lowest BCUT2D eigenvalue weighted by molar-refractivity contribution is -0.120. The minimum absolute atomic E-state index is 0.140. The number of aliphatic hydroxyl groups excluding tert-OH is 2. The average Bonchev–Trinajstić information content (AvgIpc) is 2.91. The molecule has 6 N–H and O–H groups in total. The molecule has 0 bridgehead atoms. The number of carbonyl (C=O) groups excluding carboxylic acids is 2. The molecule has 0 spiro atoms. The number of nitrogens with zero attached hydrogens (tertiary/aromatic N) is 2. The lowest BCUT2D eigenvalue weighted by Gasteiger charge is -2.52. The highest BCUT2D eigenvalue weighted by atomic mass is 16.3. The van der Waals surface area contributed by atoms with E-state index in [-0.39, 0.29) is 34.0 Å². The zero-order valence-corrected chi connectivity index (χ0v) is 26.7. The number of aromatic hydroxyl groups is 1. The summed E-state index contributed by atoms with van der Waals surface area (Å²) in [5.41, 5.74) is 7.25. The Morgan fingerprint density at radius 3 is 2.38 bits per heavy atom. The van der Waals surface area contributed by atoms with Crippen LogP contribution in [0.15, 0.2) is 59.1 Å². The molecular weight excluding hydrogens is 570 g/mol. The number of ketones is 1. The van der Waals surface area contributed by atoms with Crippen molar-refractivity contribution in [2.24, 2.45) is 35.3 Å². The molecule has 9 heteroatoms. The van der Waals surface area contributed by atoms with Gasteiger partial charge in [-0.3, -0.25) is 19.4 Å². The topological polar surface area (TPSA) is 148 Å². The van der Waals surface area contributed by atoms with Gasteiger partial charge in [0.05, 0.1) is 23.1 Å². The standard InChI is InChI=1S/C36H45N3O6/c1-18-11-19(2)16-39(15-18)17-20-7-6-8-21(12-20)23-9-10-26(40)28-24(23)13-22-14-25-29(33(42)27(22)32(28)41)36(3,45)30(35(37)44)34(43)31(25)38(4)5/h6-10,12,18-19,22,25,29,31,40,42-43,45H,11,13-17H2,1-5H3,(H2,37,44)/t18?,19?,22?,25?,29?,31-,36-/m0/s1. The molecule has 1 aliphatic heterocycles. The third-order valence-electron chi connectivity index (χ3n) is 10.6. The summed E-state index contributed by atoms with van der Waals surface area (Å²) in [6.07, 6.45) is 1.99. The number of piperidine rings is 1. The normalized spacial score (nSPS) is 31.9. The molecule has 1 amide bonds. The molecule has 240 valence electrons. The second-order valence-electron chi connectivity index (χ2n) is 14.4. The number of amides is 1. The summed E-state index contributed by atoms with van der Waals surface area (Å²) in [7, 11) is 3.51. The van der Waals surface area contributed by atoms with Crippen LogP contribution in [-0.4, -0.2) is 80.7 Å². The highest BCUT2D eigenvalue weighted by Crippen LogP contribution is 2.55. The Labute approximate surface area is 264 Å². The predicted molar refractivity (Wildman–Crippen MR) is 171 cm³/mol. The number of nitrogens with two attached hydrogens (primary N) is 1. The van der Waals surface area contributed by atoms with Gasteiger partial charge in [0, 0.05) is 25.2 Å². The van der Waals surface area contributed by atoms with Crippen LogP contribution < -0.4 is 5.73 Å². The first-order chi connectivity index (χ1) is 21.2. The van der Waals surface area contributed by atoms with Crippen LogP contribution in [-0.2, 0) is 17.8 Å². The quantitative estimate of drug-likeness (QED) is 0.334. The van der Waals surface area contributed by atoms with Crippen LogP contribution in [0, 0.1) is 29.6 Å². The van der Waals surface area contributed by atoms with E-state index in [9.17, 15) is 30.0 Å². The Hall–Kier alpha value is -3.66. The van der Waals surface area contributed by atoms with Crippen molar-refractivity contribution in [3.8, 4) is 16.9 Å². The Morgan fingerprint density at radius 2 is 1.73 bits per heavy atom. The van der Waals surface area contributed by atoms with Crippen molar-refractivity contribution in [2.75, 3.05) is 27.2 Å². The Bertz CT molecular complexity index is 1610. The molecule has 2 aromatic rings. The molecule has 4 aliphatic rings. The molecule has 1 heterocycles. The molecule has 0 saturated carbocycles. The number of fused-ring (bicyclic) bond motifs is 3. The zero-order chi connectivity index (χ0) is 32.5. The number of primary amides is 1. The number of carbonyl (C=O) groups is 2. The van der Waals surface area contributed by atoms with Crippen LogP contribution >= 0.6 is 0 Å². The highest BCUT2D eigenvalue weighted by molar-refractivity contribution is 6.14. The molecule has 2 aromatic carbocycles. The van der Waals surface area contributed by atoms with E-state index in [0.29, 0.717) is 24.7 Å². The maximum atomic E-state index is 14.2. The fraction of sp³-hybridized carbons (Fsp3) is 0.500. The van der Waals surface area contributed by atoms with E-state index < -0.39 is 41.1 Å². The molecule has 5 unspecified atom stereocenters. The van der Waals surface area contributed by atoms with E-state index >= 15 is 0 Å². The number of phenolic OH excluding ortho intramolecular Hbond substituents is 1. The first kappa shape index (κ1) is 31.3. The first-order valence-electron chi connectivity index (χ1n) is 16.0. The van der Waals surface area contributed by atoms with Crippen LogP contribution in [0.1, 0.15) is 55.1 Å². The SMILES string of the molecule is CC1CC(C)CN(Cc2cccc(-c3ccc(O)c4c3CC3CC5C(C(O)=C3C4=O)[C@](C)(O)C(C(N)=O)=C(O)[C@H]5N(C)C)c2)C1. The van der Waals surface area contributed by atoms with Crippen molar-refractivity contribution in [2.45, 2.75) is 58.2 Å². The Balaban J connectivity index is 1.41. The third kappa shape index (κ3) is 5.15. The Morgan fingerprint density at radius 1 is 1.04 bits per heavy atom. The summed E-state index contributed by atoms with van der Waals surface area (Å²) in [4.78, 5) is 30.9. The largest absolute Gasteiger partial charge is 0.511 e. The van der Waals surface area contributed by atoms with Gasteiger partial charge in [-0.1, -0.05) is 38.1 Å². The molecular formula is C36H45N3O6. The van der Waals surface area contributed by atoms with Crippen LogP contribution in [0.25, 0.3) is 11.1 Å². The van der Waals surface area contributed by atoms with Crippen molar-refractivity contribution in [3.63, 3.8) is 0 Å². The highest BCUT2D eigenvalue weighted by Gasteiger charge is 2.59. The summed E-state index contributed by atoms with van der Waals surface area (Å²) in [5.74, 6) is -2.95. The van der Waals surface area contributed by atoms with E-state index in [1.165, 1.54) is 25.0 Å². The summed E-state index contributed by atoms with van der Waals surface area (Å²) in [6.45, 7) is 8.91. The van der Waals surface area contributed by atoms with Gasteiger partial charge in [-0.25, -0.2) is 0 Å². The van der Waals surface area contributed by atoms with Crippen LogP contribution in [0.2, 0.25) is 0 Å². The lowest BCUT2D eigenvalue weighted by atomic mass is 9.56. The number of Topliss-reactive ketones (excluding diaryl/α,β-unsaturated/α-hetero) is 1. The average molecular weight is 616 g/mol. The maximum Gasteiger partial charge on any atom is 0.251 e. The lowest BCUT2D eigenvalue weighted by Crippen LogP contribution is -2.59. The van der Waals surface area contributed by atoms with Gasteiger partial charge in [0.15, 0.2) is 5.78 Å². The van der Waals surface area contributed by atoms with Crippen molar-refractivity contribution >= 4 is 11.7 Å². The van der Waals surface area contributed by atoms with E-state index in [4.69, 9.17) is 5.73 Å². The van der Waals surface area contributed by atoms with Crippen molar-refractivity contribution in [3.05, 3.63) is 75.8 Å². The smallest absolute Gasteiger partial charge is 0.251 e. The molecule has 9 nitrogen and oxygen atoms in total. The van der Waals surface area contributed by atoms with Crippen molar-refractivity contribution in [1.29, 1.82) is 0 Å². The van der Waals surface area contributed by atoms with E-state index in [1.807, 2.05) is 18.2 Å². The number of allylic oxidation sites excluding steroid dienone is 1. The summed E-state index contributed by atoms with van der Waals surface area (Å²) >= 11 is 0. The van der Waals surface area contributed by atoms with E-state index in [1.54, 1.807) is 19.0 Å². The summed E-state index contributed by atoms with van der Waals surface area (Å²) in [5, 5.41) is 45.6. The fourth-order valence-corrected chi connectivity index (χ4v) is 9.18.